The van der Waals surface area contributed by atoms with Crippen LogP contribution < -0.4 is 11.1 Å². The lowest BCUT2D eigenvalue weighted by molar-refractivity contribution is -0.131. The molecule has 5 heteroatoms. The number of nitrogens with zero attached hydrogens (tertiary/aromatic N) is 1. The quantitative estimate of drug-likeness (QED) is 0.467. The summed E-state index contributed by atoms with van der Waals surface area (Å²) in [4.78, 5) is 13.7. The fourth-order valence-electron chi connectivity index (χ4n) is 1.87. The lowest BCUT2D eigenvalue weighted by atomic mass is 10.1. The topological polar surface area (TPSA) is 78.6 Å². The van der Waals surface area contributed by atoms with E-state index >= 15 is 0 Å². The third-order valence-corrected chi connectivity index (χ3v) is 3.09. The number of aliphatic hydroxyl groups is 1. The van der Waals surface area contributed by atoms with Gasteiger partial charge in [0.25, 0.3) is 0 Å². The Bertz CT molecular complexity index is 208. The maximum atomic E-state index is 11.9. The van der Waals surface area contributed by atoms with Crippen LogP contribution in [0.1, 0.15) is 39.5 Å². The molecule has 0 aromatic carbocycles. The standard InChI is InChI=1S/C13H29N3O2/c1-3-16(4-2)13(18)10-12(11-14)15-8-6-5-7-9-17/h12,15,17H,3-11,14H2,1-2H3. The summed E-state index contributed by atoms with van der Waals surface area (Å²) in [6, 6.07) is 0.0622. The Balaban J connectivity index is 3.84. The van der Waals surface area contributed by atoms with Crippen LogP contribution in [0.3, 0.4) is 0 Å². The Morgan fingerprint density at radius 3 is 2.44 bits per heavy atom. The molecule has 5 nitrogen and oxygen atoms in total. The second-order valence-electron chi connectivity index (χ2n) is 4.44. The Morgan fingerprint density at radius 1 is 1.28 bits per heavy atom. The van der Waals surface area contributed by atoms with Crippen molar-refractivity contribution in [2.45, 2.75) is 45.6 Å². The van der Waals surface area contributed by atoms with Crippen molar-refractivity contribution in [3.63, 3.8) is 0 Å². The average molecular weight is 259 g/mol. The molecule has 0 rings (SSSR count). The van der Waals surface area contributed by atoms with Gasteiger partial charge < -0.3 is 21.1 Å². The molecule has 1 atom stereocenters. The van der Waals surface area contributed by atoms with Crippen LogP contribution in [-0.2, 0) is 4.79 Å². The number of hydrogen-bond donors (Lipinski definition) is 3. The number of nitrogens with two attached hydrogens (primary N) is 1. The summed E-state index contributed by atoms with van der Waals surface area (Å²) < 4.78 is 0. The lowest BCUT2D eigenvalue weighted by Gasteiger charge is -2.22. The van der Waals surface area contributed by atoms with Gasteiger partial charge in [-0.05, 0) is 39.7 Å². The fraction of sp³-hybridized carbons (Fsp3) is 0.923. The van der Waals surface area contributed by atoms with Gasteiger partial charge in [-0.2, -0.15) is 0 Å². The number of hydrogen-bond acceptors (Lipinski definition) is 4. The van der Waals surface area contributed by atoms with Gasteiger partial charge in [-0.15, -0.1) is 0 Å². The first-order valence-corrected chi connectivity index (χ1v) is 7.01. The minimum Gasteiger partial charge on any atom is -0.396 e. The van der Waals surface area contributed by atoms with Gasteiger partial charge in [-0.25, -0.2) is 0 Å². The smallest absolute Gasteiger partial charge is 0.224 e. The minimum absolute atomic E-state index is 0.0622. The van der Waals surface area contributed by atoms with E-state index in [0.717, 1.165) is 38.9 Å². The van der Waals surface area contributed by atoms with Crippen LogP contribution >= 0.6 is 0 Å². The molecular formula is C13H29N3O2. The summed E-state index contributed by atoms with van der Waals surface area (Å²) in [6.45, 7) is 7.07. The highest BCUT2D eigenvalue weighted by Crippen LogP contribution is 1.99. The van der Waals surface area contributed by atoms with Crippen molar-refractivity contribution < 1.29 is 9.90 Å². The third kappa shape index (κ3) is 7.63. The number of amides is 1. The molecule has 0 aliphatic heterocycles. The molecular weight excluding hydrogens is 230 g/mol. The SMILES string of the molecule is CCN(CC)C(=O)CC(CN)NCCCCCO. The van der Waals surface area contributed by atoms with E-state index in [2.05, 4.69) is 5.32 Å². The molecule has 0 saturated heterocycles. The predicted octanol–water partition coefficient (Wildman–Crippen LogP) is 0.324. The van der Waals surface area contributed by atoms with Gasteiger partial charge in [0.1, 0.15) is 0 Å². The van der Waals surface area contributed by atoms with Crippen LogP contribution in [0, 0.1) is 0 Å². The Labute approximate surface area is 111 Å². The summed E-state index contributed by atoms with van der Waals surface area (Å²) in [7, 11) is 0. The highest BCUT2D eigenvalue weighted by molar-refractivity contribution is 5.76. The second-order valence-corrected chi connectivity index (χ2v) is 4.44. The van der Waals surface area contributed by atoms with E-state index in [4.69, 9.17) is 10.8 Å². The molecule has 0 aliphatic carbocycles. The fourth-order valence-corrected chi connectivity index (χ4v) is 1.87. The molecule has 18 heavy (non-hydrogen) atoms. The van der Waals surface area contributed by atoms with E-state index in [1.54, 1.807) is 0 Å². The summed E-state index contributed by atoms with van der Waals surface area (Å²) in [5.74, 6) is 0.165. The van der Waals surface area contributed by atoms with Gasteiger partial charge in [-0.3, -0.25) is 4.79 Å². The van der Waals surface area contributed by atoms with E-state index in [0.29, 0.717) is 13.0 Å². The second kappa shape index (κ2) is 11.4. The Morgan fingerprint density at radius 2 is 1.94 bits per heavy atom. The molecule has 0 fully saturated rings. The zero-order valence-electron chi connectivity index (χ0n) is 11.8. The largest absolute Gasteiger partial charge is 0.396 e. The van der Waals surface area contributed by atoms with Crippen molar-refractivity contribution in [2.75, 3.05) is 32.8 Å². The normalized spacial score (nSPS) is 12.4. The van der Waals surface area contributed by atoms with Crippen LogP contribution in [0.5, 0.6) is 0 Å². The van der Waals surface area contributed by atoms with Crippen molar-refractivity contribution in [3.05, 3.63) is 0 Å². The highest BCUT2D eigenvalue weighted by atomic mass is 16.2. The maximum absolute atomic E-state index is 11.9. The van der Waals surface area contributed by atoms with Crippen molar-refractivity contribution in [1.82, 2.24) is 10.2 Å². The number of nitrogens with one attached hydrogen (secondary N) is 1. The third-order valence-electron chi connectivity index (χ3n) is 3.09. The average Bonchev–Trinajstić information content (AvgIpc) is 2.38. The van der Waals surface area contributed by atoms with E-state index in [1.807, 2.05) is 18.7 Å². The summed E-state index contributed by atoms with van der Waals surface area (Å²) in [5, 5.41) is 12.0. The number of carbonyl (C=O) groups excluding carboxylic acids is 1. The number of rotatable bonds is 11. The zero-order valence-corrected chi connectivity index (χ0v) is 11.8. The molecule has 0 saturated carbocycles. The Kier molecular flexibility index (Phi) is 11.0. The minimum atomic E-state index is 0.0622. The Hall–Kier alpha value is -0.650. The van der Waals surface area contributed by atoms with E-state index in [9.17, 15) is 4.79 Å². The van der Waals surface area contributed by atoms with Crippen molar-refractivity contribution >= 4 is 5.91 Å². The monoisotopic (exact) mass is 259 g/mol. The van der Waals surface area contributed by atoms with Crippen LogP contribution in [0.4, 0.5) is 0 Å². The van der Waals surface area contributed by atoms with E-state index < -0.39 is 0 Å². The molecule has 1 amide bonds. The maximum Gasteiger partial charge on any atom is 0.224 e. The molecule has 0 bridgehead atoms. The van der Waals surface area contributed by atoms with Gasteiger partial charge in [-0.1, -0.05) is 0 Å². The summed E-state index contributed by atoms with van der Waals surface area (Å²) in [6.07, 6.45) is 3.33. The van der Waals surface area contributed by atoms with E-state index in [-0.39, 0.29) is 18.6 Å². The number of aliphatic hydroxyl groups excluding tert-OH is 1. The van der Waals surface area contributed by atoms with Crippen molar-refractivity contribution in [2.24, 2.45) is 5.73 Å². The molecule has 0 radical (unpaired) electrons. The number of carbonyl (C=O) groups is 1. The van der Waals surface area contributed by atoms with Gasteiger partial charge in [0.2, 0.25) is 5.91 Å². The molecule has 0 heterocycles. The summed E-state index contributed by atoms with van der Waals surface area (Å²) in [5.41, 5.74) is 5.67. The van der Waals surface area contributed by atoms with Gasteiger partial charge in [0.15, 0.2) is 0 Å². The molecule has 0 aromatic heterocycles. The van der Waals surface area contributed by atoms with Crippen LogP contribution in [-0.4, -0.2) is 54.7 Å². The molecule has 1 unspecified atom stereocenters. The lowest BCUT2D eigenvalue weighted by Crippen LogP contribution is -2.42. The first-order chi connectivity index (χ1) is 8.69. The molecule has 4 N–H and O–H groups in total. The highest BCUT2D eigenvalue weighted by Gasteiger charge is 2.15. The van der Waals surface area contributed by atoms with Crippen molar-refractivity contribution in [3.8, 4) is 0 Å². The van der Waals surface area contributed by atoms with Gasteiger partial charge in [0, 0.05) is 38.7 Å². The first-order valence-electron chi connectivity index (χ1n) is 7.01. The molecule has 0 aliphatic rings. The first kappa shape index (κ1) is 17.4. The molecule has 108 valence electrons. The predicted molar refractivity (Wildman–Crippen MR) is 74.3 cm³/mol. The van der Waals surface area contributed by atoms with Crippen LogP contribution in [0.25, 0.3) is 0 Å². The van der Waals surface area contributed by atoms with Gasteiger partial charge in [0.05, 0.1) is 0 Å². The molecule has 0 aromatic rings. The molecule has 0 spiro atoms. The summed E-state index contributed by atoms with van der Waals surface area (Å²) >= 11 is 0. The number of unbranched alkanes of at least 4 members (excludes halogenated alkanes) is 2. The van der Waals surface area contributed by atoms with Crippen LogP contribution in [0.15, 0.2) is 0 Å². The van der Waals surface area contributed by atoms with Crippen LogP contribution in [0.2, 0.25) is 0 Å². The van der Waals surface area contributed by atoms with Crippen molar-refractivity contribution in [1.29, 1.82) is 0 Å². The zero-order chi connectivity index (χ0) is 13.8. The van der Waals surface area contributed by atoms with Gasteiger partial charge >= 0.3 is 0 Å². The van der Waals surface area contributed by atoms with E-state index in [1.165, 1.54) is 0 Å².